The third kappa shape index (κ3) is 5.08. The lowest BCUT2D eigenvalue weighted by Crippen LogP contribution is -2.23. The van der Waals surface area contributed by atoms with Crippen molar-refractivity contribution < 1.29 is 4.74 Å². The van der Waals surface area contributed by atoms with Crippen molar-refractivity contribution in [3.05, 3.63) is 54.2 Å². The molecule has 0 aliphatic carbocycles. The van der Waals surface area contributed by atoms with Gasteiger partial charge in [0, 0.05) is 31.9 Å². The Morgan fingerprint density at radius 3 is 2.67 bits per heavy atom. The topological polar surface area (TPSA) is 37.4 Å². The molecule has 1 heterocycles. The minimum absolute atomic E-state index is 0.665. The van der Waals surface area contributed by atoms with Crippen molar-refractivity contribution in [2.24, 2.45) is 0 Å². The van der Waals surface area contributed by atoms with E-state index in [2.05, 4.69) is 46.5 Å². The van der Waals surface area contributed by atoms with Gasteiger partial charge in [0.1, 0.15) is 0 Å². The molecule has 21 heavy (non-hydrogen) atoms. The molecule has 1 aromatic heterocycles. The van der Waals surface area contributed by atoms with Crippen molar-refractivity contribution in [1.29, 1.82) is 0 Å². The van der Waals surface area contributed by atoms with E-state index in [9.17, 15) is 0 Å². The molecule has 0 aliphatic rings. The van der Waals surface area contributed by atoms with Gasteiger partial charge in [0.15, 0.2) is 0 Å². The van der Waals surface area contributed by atoms with Gasteiger partial charge in [-0.25, -0.2) is 4.98 Å². The van der Waals surface area contributed by atoms with Crippen molar-refractivity contribution in [2.45, 2.75) is 13.0 Å². The fraction of sp³-hybridized carbons (Fsp3) is 0.353. The first-order valence-corrected chi connectivity index (χ1v) is 7.26. The number of hydrogen-bond donors (Lipinski definition) is 1. The average molecular weight is 285 g/mol. The monoisotopic (exact) mass is 285 g/mol. The second-order valence-corrected chi connectivity index (χ2v) is 4.96. The Labute approximate surface area is 126 Å². The lowest BCUT2D eigenvalue weighted by molar-refractivity contribution is 0.395. The molecule has 2 aromatic rings. The van der Waals surface area contributed by atoms with Crippen LogP contribution >= 0.6 is 0 Å². The van der Waals surface area contributed by atoms with Crippen molar-refractivity contribution in [2.75, 3.05) is 32.1 Å². The number of para-hydroxylation sites is 1. The van der Waals surface area contributed by atoms with Crippen LogP contribution < -0.4 is 15.0 Å². The van der Waals surface area contributed by atoms with Crippen molar-refractivity contribution in [3.8, 4) is 5.88 Å². The van der Waals surface area contributed by atoms with Gasteiger partial charge in [-0.15, -0.1) is 0 Å². The van der Waals surface area contributed by atoms with E-state index in [-0.39, 0.29) is 0 Å². The van der Waals surface area contributed by atoms with Crippen LogP contribution in [-0.2, 0) is 6.54 Å². The molecule has 0 fully saturated rings. The van der Waals surface area contributed by atoms with Gasteiger partial charge >= 0.3 is 0 Å². The first kappa shape index (κ1) is 15.3. The number of aromatic nitrogens is 1. The lowest BCUT2D eigenvalue weighted by atomic mass is 10.3. The van der Waals surface area contributed by atoms with Crippen LogP contribution in [0.1, 0.15) is 12.1 Å². The van der Waals surface area contributed by atoms with Gasteiger partial charge in [-0.1, -0.05) is 24.3 Å². The predicted octanol–water partition coefficient (Wildman–Crippen LogP) is 2.71. The van der Waals surface area contributed by atoms with E-state index in [1.54, 1.807) is 7.11 Å². The van der Waals surface area contributed by atoms with Crippen LogP contribution in [0.15, 0.2) is 48.5 Å². The molecule has 0 bridgehead atoms. The summed E-state index contributed by atoms with van der Waals surface area (Å²) in [5.74, 6) is 0.665. The minimum Gasteiger partial charge on any atom is -0.481 e. The summed E-state index contributed by atoms with van der Waals surface area (Å²) in [5.41, 5.74) is 2.26. The number of benzene rings is 1. The van der Waals surface area contributed by atoms with E-state index in [1.165, 1.54) is 5.69 Å². The van der Waals surface area contributed by atoms with Crippen molar-refractivity contribution >= 4 is 5.69 Å². The maximum atomic E-state index is 5.12. The molecule has 0 spiro atoms. The fourth-order valence-electron chi connectivity index (χ4n) is 2.14. The number of anilines is 1. The maximum absolute atomic E-state index is 5.12. The molecule has 0 aliphatic heterocycles. The molecule has 0 unspecified atom stereocenters. The van der Waals surface area contributed by atoms with Crippen LogP contribution in [0.4, 0.5) is 5.69 Å². The van der Waals surface area contributed by atoms with Gasteiger partial charge in [0.05, 0.1) is 12.8 Å². The molecule has 0 atom stereocenters. The zero-order valence-corrected chi connectivity index (χ0v) is 12.7. The summed E-state index contributed by atoms with van der Waals surface area (Å²) >= 11 is 0. The Morgan fingerprint density at radius 1 is 1.10 bits per heavy atom. The molecule has 0 amide bonds. The number of ether oxygens (including phenoxy) is 1. The maximum Gasteiger partial charge on any atom is 0.213 e. The van der Waals surface area contributed by atoms with E-state index in [1.807, 2.05) is 24.3 Å². The molecular formula is C17H23N3O. The van der Waals surface area contributed by atoms with E-state index in [0.717, 1.165) is 31.7 Å². The number of pyridine rings is 1. The number of nitrogens with zero attached hydrogens (tertiary/aromatic N) is 2. The van der Waals surface area contributed by atoms with E-state index in [0.29, 0.717) is 5.88 Å². The van der Waals surface area contributed by atoms with Gasteiger partial charge in [-0.2, -0.15) is 0 Å². The molecule has 4 nitrogen and oxygen atoms in total. The highest BCUT2D eigenvalue weighted by Crippen LogP contribution is 2.10. The summed E-state index contributed by atoms with van der Waals surface area (Å²) in [5, 5.41) is 3.42. The summed E-state index contributed by atoms with van der Waals surface area (Å²) in [6.45, 7) is 2.77. The second kappa shape index (κ2) is 8.27. The molecule has 0 radical (unpaired) electrons. The van der Waals surface area contributed by atoms with Crippen molar-refractivity contribution in [3.63, 3.8) is 0 Å². The minimum atomic E-state index is 0.665. The molecule has 112 valence electrons. The van der Waals surface area contributed by atoms with Crippen LogP contribution in [0, 0.1) is 0 Å². The highest BCUT2D eigenvalue weighted by Gasteiger charge is 2.00. The highest BCUT2D eigenvalue weighted by molar-refractivity contribution is 5.44. The second-order valence-electron chi connectivity index (χ2n) is 4.96. The van der Waals surface area contributed by atoms with Crippen molar-refractivity contribution in [1.82, 2.24) is 10.3 Å². The van der Waals surface area contributed by atoms with Crippen LogP contribution in [0.25, 0.3) is 0 Å². The standard InChI is InChI=1S/C17H23N3O/c1-20(16-9-4-3-5-10-16)13-7-12-18-14-15-8-6-11-17(19-15)21-2/h3-6,8-11,18H,7,12-14H2,1-2H3. The predicted molar refractivity (Wildman–Crippen MR) is 86.8 cm³/mol. The van der Waals surface area contributed by atoms with Crippen LogP contribution in [0.2, 0.25) is 0 Å². The van der Waals surface area contributed by atoms with Crippen LogP contribution in [0.3, 0.4) is 0 Å². The zero-order chi connectivity index (χ0) is 14.9. The lowest BCUT2D eigenvalue weighted by Gasteiger charge is -2.19. The average Bonchev–Trinajstić information content (AvgIpc) is 2.55. The number of nitrogens with one attached hydrogen (secondary N) is 1. The highest BCUT2D eigenvalue weighted by atomic mass is 16.5. The first-order chi connectivity index (χ1) is 10.3. The molecule has 4 heteroatoms. The molecule has 0 saturated carbocycles. The summed E-state index contributed by atoms with van der Waals surface area (Å²) < 4.78 is 5.12. The van der Waals surface area contributed by atoms with Gasteiger partial charge in [-0.05, 0) is 31.2 Å². The number of rotatable bonds is 8. The third-order valence-corrected chi connectivity index (χ3v) is 3.34. The number of methoxy groups -OCH3 is 1. The van der Waals surface area contributed by atoms with E-state index >= 15 is 0 Å². The first-order valence-electron chi connectivity index (χ1n) is 7.26. The van der Waals surface area contributed by atoms with Gasteiger partial charge in [-0.3, -0.25) is 0 Å². The van der Waals surface area contributed by atoms with Gasteiger partial charge < -0.3 is 15.0 Å². The van der Waals surface area contributed by atoms with E-state index < -0.39 is 0 Å². The molecule has 2 rings (SSSR count). The summed E-state index contributed by atoms with van der Waals surface area (Å²) in [6, 6.07) is 16.3. The Morgan fingerprint density at radius 2 is 1.90 bits per heavy atom. The summed E-state index contributed by atoms with van der Waals surface area (Å²) in [7, 11) is 3.76. The van der Waals surface area contributed by atoms with E-state index in [4.69, 9.17) is 4.74 Å². The van der Waals surface area contributed by atoms with Crippen LogP contribution in [-0.4, -0.2) is 32.2 Å². The normalized spacial score (nSPS) is 10.4. The number of hydrogen-bond acceptors (Lipinski definition) is 4. The Bertz CT molecular complexity index is 531. The molecular weight excluding hydrogens is 262 g/mol. The molecule has 1 aromatic carbocycles. The van der Waals surface area contributed by atoms with Gasteiger partial charge in [0.2, 0.25) is 5.88 Å². The quantitative estimate of drug-likeness (QED) is 0.757. The summed E-state index contributed by atoms with van der Waals surface area (Å²) in [6.07, 6.45) is 1.09. The fourth-order valence-corrected chi connectivity index (χ4v) is 2.14. The molecule has 1 N–H and O–H groups in total. The summed E-state index contributed by atoms with van der Waals surface area (Å²) in [4.78, 5) is 6.65. The largest absolute Gasteiger partial charge is 0.481 e. The smallest absolute Gasteiger partial charge is 0.213 e. The van der Waals surface area contributed by atoms with Gasteiger partial charge in [0.25, 0.3) is 0 Å². The Kier molecular flexibility index (Phi) is 6.03. The Hall–Kier alpha value is -2.07. The van der Waals surface area contributed by atoms with Crippen LogP contribution in [0.5, 0.6) is 5.88 Å². The third-order valence-electron chi connectivity index (χ3n) is 3.34. The molecule has 0 saturated heterocycles. The zero-order valence-electron chi connectivity index (χ0n) is 12.7. The Balaban J connectivity index is 1.66. The SMILES string of the molecule is COc1cccc(CNCCCN(C)c2ccccc2)n1.